The fourth-order valence-corrected chi connectivity index (χ4v) is 3.06. The molecule has 0 spiro atoms. The van der Waals surface area contributed by atoms with E-state index in [2.05, 4.69) is 10.1 Å². The Morgan fingerprint density at radius 3 is 2.50 bits per heavy atom. The lowest BCUT2D eigenvalue weighted by Gasteiger charge is -2.09. The Hall–Kier alpha value is -2.99. The van der Waals surface area contributed by atoms with E-state index in [0.29, 0.717) is 5.69 Å². The van der Waals surface area contributed by atoms with Crippen molar-refractivity contribution in [2.24, 2.45) is 0 Å². The highest BCUT2D eigenvalue weighted by Crippen LogP contribution is 2.28. The molecule has 6 heteroatoms. The summed E-state index contributed by atoms with van der Waals surface area (Å²) in [6, 6.07) is 18.4. The number of benzene rings is 2. The normalized spacial score (nSPS) is 11.0. The number of amides is 1. The summed E-state index contributed by atoms with van der Waals surface area (Å²) in [6.07, 6.45) is 3.82. The molecule has 1 amide bonds. The van der Waals surface area contributed by atoms with Crippen LogP contribution in [0.25, 0.3) is 12.2 Å². The van der Waals surface area contributed by atoms with Gasteiger partial charge >= 0.3 is 6.61 Å². The van der Waals surface area contributed by atoms with Crippen LogP contribution >= 0.6 is 11.3 Å². The summed E-state index contributed by atoms with van der Waals surface area (Å²) >= 11 is 1.05. The van der Waals surface area contributed by atoms with Crippen LogP contribution in [0.2, 0.25) is 0 Å². The van der Waals surface area contributed by atoms with Gasteiger partial charge in [0.15, 0.2) is 0 Å². The fraction of sp³-hybridized carbons (Fsp3) is 0.0500. The third-order valence-electron chi connectivity index (χ3n) is 3.52. The molecule has 26 heavy (non-hydrogen) atoms. The third kappa shape index (κ3) is 4.55. The Morgan fingerprint density at radius 1 is 1.00 bits per heavy atom. The Kier molecular flexibility index (Phi) is 5.76. The standard InChI is InChI=1S/C20H15F2NO2S/c21-20(22)25-17-12-13-26-18(17)19(24)23-16-9-5-4-8-15(16)11-10-14-6-2-1-3-7-14/h1-13,20H,(H,23,24). The number of para-hydroxylation sites is 1. The third-order valence-corrected chi connectivity index (χ3v) is 4.41. The molecule has 0 atom stereocenters. The van der Waals surface area contributed by atoms with Crippen LogP contribution in [0.1, 0.15) is 20.8 Å². The molecule has 0 radical (unpaired) electrons. The Labute approximate surface area is 153 Å². The molecule has 0 saturated carbocycles. The van der Waals surface area contributed by atoms with Crippen molar-refractivity contribution < 1.29 is 18.3 Å². The number of nitrogens with one attached hydrogen (secondary N) is 1. The van der Waals surface area contributed by atoms with E-state index < -0.39 is 12.5 Å². The van der Waals surface area contributed by atoms with Crippen molar-refractivity contribution >= 4 is 35.1 Å². The number of hydrogen-bond acceptors (Lipinski definition) is 3. The van der Waals surface area contributed by atoms with Gasteiger partial charge in [-0.3, -0.25) is 4.79 Å². The van der Waals surface area contributed by atoms with Crippen molar-refractivity contribution in [3.05, 3.63) is 82.0 Å². The summed E-state index contributed by atoms with van der Waals surface area (Å²) in [4.78, 5) is 12.6. The molecule has 0 aliphatic rings. The quantitative estimate of drug-likeness (QED) is 0.559. The molecule has 0 aliphatic heterocycles. The van der Waals surface area contributed by atoms with Crippen LogP contribution in [-0.4, -0.2) is 12.5 Å². The summed E-state index contributed by atoms with van der Waals surface area (Å²) in [5, 5.41) is 4.29. The molecule has 3 rings (SSSR count). The summed E-state index contributed by atoms with van der Waals surface area (Å²) in [7, 11) is 0. The molecule has 1 heterocycles. The zero-order chi connectivity index (χ0) is 18.4. The first-order chi connectivity index (χ1) is 12.6. The highest BCUT2D eigenvalue weighted by atomic mass is 32.1. The minimum atomic E-state index is -2.97. The largest absolute Gasteiger partial charge is 0.433 e. The number of thiophene rings is 1. The number of hydrogen-bond donors (Lipinski definition) is 1. The van der Waals surface area contributed by atoms with Crippen LogP contribution in [0.3, 0.4) is 0 Å². The highest BCUT2D eigenvalue weighted by Gasteiger charge is 2.18. The van der Waals surface area contributed by atoms with Gasteiger partial charge in [-0.15, -0.1) is 11.3 Å². The highest BCUT2D eigenvalue weighted by molar-refractivity contribution is 7.12. The maximum atomic E-state index is 12.5. The Balaban J connectivity index is 1.79. The molecular weight excluding hydrogens is 356 g/mol. The number of ether oxygens (including phenoxy) is 1. The van der Waals surface area contributed by atoms with Gasteiger partial charge < -0.3 is 10.1 Å². The van der Waals surface area contributed by atoms with E-state index in [1.54, 1.807) is 12.1 Å². The molecule has 3 nitrogen and oxygen atoms in total. The lowest BCUT2D eigenvalue weighted by molar-refractivity contribution is -0.0498. The van der Waals surface area contributed by atoms with Crippen LogP contribution in [-0.2, 0) is 0 Å². The predicted octanol–water partition coefficient (Wildman–Crippen LogP) is 5.77. The van der Waals surface area contributed by atoms with Crippen LogP contribution in [0, 0.1) is 0 Å². The number of rotatable bonds is 6. The monoisotopic (exact) mass is 371 g/mol. The van der Waals surface area contributed by atoms with E-state index in [0.717, 1.165) is 22.5 Å². The first kappa shape index (κ1) is 17.8. The molecule has 2 aromatic carbocycles. The maximum Gasteiger partial charge on any atom is 0.387 e. The van der Waals surface area contributed by atoms with Crippen LogP contribution in [0.4, 0.5) is 14.5 Å². The molecule has 0 unspecified atom stereocenters. The number of carbonyl (C=O) groups excluding carboxylic acids is 1. The molecule has 3 aromatic rings. The minimum absolute atomic E-state index is 0.104. The van der Waals surface area contributed by atoms with Gasteiger partial charge in [-0.05, 0) is 28.6 Å². The second-order valence-electron chi connectivity index (χ2n) is 5.28. The van der Waals surface area contributed by atoms with Crippen molar-refractivity contribution in [2.75, 3.05) is 5.32 Å². The van der Waals surface area contributed by atoms with Crippen LogP contribution in [0.15, 0.2) is 66.0 Å². The lowest BCUT2D eigenvalue weighted by Crippen LogP contribution is -2.13. The summed E-state index contributed by atoms with van der Waals surface area (Å²) < 4.78 is 29.3. The second-order valence-corrected chi connectivity index (χ2v) is 6.19. The topological polar surface area (TPSA) is 38.3 Å². The van der Waals surface area contributed by atoms with Gasteiger partial charge in [0, 0.05) is 5.69 Å². The van der Waals surface area contributed by atoms with E-state index in [4.69, 9.17) is 0 Å². The van der Waals surface area contributed by atoms with E-state index in [9.17, 15) is 13.6 Å². The van der Waals surface area contributed by atoms with Gasteiger partial charge in [-0.25, -0.2) is 0 Å². The molecule has 132 valence electrons. The Bertz CT molecular complexity index is 907. The average Bonchev–Trinajstić information content (AvgIpc) is 3.09. The second kappa shape index (κ2) is 8.40. The summed E-state index contributed by atoms with van der Waals surface area (Å²) in [5.74, 6) is -0.615. The van der Waals surface area contributed by atoms with Gasteiger partial charge in [-0.2, -0.15) is 8.78 Å². The maximum absolute atomic E-state index is 12.5. The zero-order valence-electron chi connectivity index (χ0n) is 13.6. The van der Waals surface area contributed by atoms with Crippen molar-refractivity contribution in [1.29, 1.82) is 0 Å². The molecule has 1 N–H and O–H groups in total. The van der Waals surface area contributed by atoms with E-state index in [1.165, 1.54) is 11.4 Å². The molecule has 0 saturated heterocycles. The first-order valence-electron chi connectivity index (χ1n) is 7.79. The first-order valence-corrected chi connectivity index (χ1v) is 8.67. The molecule has 0 bridgehead atoms. The van der Waals surface area contributed by atoms with Crippen LogP contribution in [0.5, 0.6) is 5.75 Å². The lowest BCUT2D eigenvalue weighted by atomic mass is 10.1. The molecular formula is C20H15F2NO2S. The van der Waals surface area contributed by atoms with Gasteiger partial charge in [0.1, 0.15) is 10.6 Å². The molecule has 1 aromatic heterocycles. The van der Waals surface area contributed by atoms with Gasteiger partial charge in [0.25, 0.3) is 5.91 Å². The van der Waals surface area contributed by atoms with Gasteiger partial charge in [0.2, 0.25) is 0 Å². The predicted molar refractivity (Wildman–Crippen MR) is 101 cm³/mol. The number of carbonyl (C=O) groups is 1. The van der Waals surface area contributed by atoms with E-state index >= 15 is 0 Å². The summed E-state index contributed by atoms with van der Waals surface area (Å²) in [6.45, 7) is -2.97. The van der Waals surface area contributed by atoms with Crippen molar-refractivity contribution in [3.8, 4) is 5.75 Å². The number of anilines is 1. The zero-order valence-corrected chi connectivity index (χ0v) is 14.4. The van der Waals surface area contributed by atoms with Crippen LogP contribution < -0.4 is 10.1 Å². The van der Waals surface area contributed by atoms with Crippen molar-refractivity contribution in [1.82, 2.24) is 0 Å². The number of alkyl halides is 2. The smallest absolute Gasteiger partial charge is 0.387 e. The van der Waals surface area contributed by atoms with Gasteiger partial charge in [0.05, 0.1) is 0 Å². The molecule has 0 aliphatic carbocycles. The van der Waals surface area contributed by atoms with E-state index in [-0.39, 0.29) is 10.6 Å². The van der Waals surface area contributed by atoms with Crippen molar-refractivity contribution in [3.63, 3.8) is 0 Å². The van der Waals surface area contributed by atoms with Gasteiger partial charge in [-0.1, -0.05) is 60.7 Å². The summed E-state index contributed by atoms with van der Waals surface area (Å²) in [5.41, 5.74) is 2.41. The van der Waals surface area contributed by atoms with Crippen molar-refractivity contribution in [2.45, 2.75) is 6.61 Å². The minimum Gasteiger partial charge on any atom is -0.433 e. The fourth-order valence-electron chi connectivity index (χ4n) is 2.34. The number of halogens is 2. The molecule has 0 fully saturated rings. The Morgan fingerprint density at radius 2 is 1.73 bits per heavy atom. The average molecular weight is 371 g/mol. The SMILES string of the molecule is O=C(Nc1ccccc1C=Cc1ccccc1)c1sccc1OC(F)F. The van der Waals surface area contributed by atoms with E-state index in [1.807, 2.05) is 54.6 Å².